The molecule has 90 valence electrons. The van der Waals surface area contributed by atoms with Gasteiger partial charge >= 0.3 is 0 Å². The molecule has 0 bridgehead atoms. The molecule has 3 heteroatoms. The first kappa shape index (κ1) is 10.7. The lowest BCUT2D eigenvalue weighted by atomic mass is 10.2. The lowest BCUT2D eigenvalue weighted by Gasteiger charge is -2.08. The molecule has 0 unspecified atom stereocenters. The van der Waals surface area contributed by atoms with Crippen LogP contribution in [-0.2, 0) is 6.54 Å². The van der Waals surface area contributed by atoms with Gasteiger partial charge in [-0.3, -0.25) is 0 Å². The van der Waals surface area contributed by atoms with E-state index in [9.17, 15) is 0 Å². The van der Waals surface area contributed by atoms with Gasteiger partial charge in [0.15, 0.2) is 0 Å². The summed E-state index contributed by atoms with van der Waals surface area (Å²) in [5, 5.41) is 3.38. The van der Waals surface area contributed by atoms with Gasteiger partial charge in [-0.1, -0.05) is 6.07 Å². The van der Waals surface area contributed by atoms with E-state index in [0.29, 0.717) is 0 Å². The summed E-state index contributed by atoms with van der Waals surface area (Å²) in [6.45, 7) is 0.769. The molecule has 0 aliphatic rings. The highest BCUT2D eigenvalue weighted by molar-refractivity contribution is 5.51. The largest absolute Gasteiger partial charge is 0.472 e. The number of anilines is 1. The fourth-order valence-corrected chi connectivity index (χ4v) is 1.88. The Bertz CT molecular complexity index is 597. The lowest BCUT2D eigenvalue weighted by molar-refractivity contribution is 0.564. The molecule has 1 N–H and O–H groups in total. The summed E-state index contributed by atoms with van der Waals surface area (Å²) >= 11 is 0. The van der Waals surface area contributed by atoms with Gasteiger partial charge < -0.3 is 14.3 Å². The monoisotopic (exact) mass is 238 g/mol. The van der Waals surface area contributed by atoms with Crippen LogP contribution < -0.4 is 5.32 Å². The van der Waals surface area contributed by atoms with Gasteiger partial charge in [-0.2, -0.15) is 0 Å². The molecule has 0 fully saturated rings. The van der Waals surface area contributed by atoms with Crippen molar-refractivity contribution in [1.29, 1.82) is 0 Å². The summed E-state index contributed by atoms with van der Waals surface area (Å²) in [6.07, 6.45) is 7.51. The van der Waals surface area contributed by atoms with E-state index in [0.717, 1.165) is 23.5 Å². The Hall–Kier alpha value is -2.42. The van der Waals surface area contributed by atoms with Crippen molar-refractivity contribution < 1.29 is 4.42 Å². The average molecular weight is 238 g/mol. The Balaban J connectivity index is 1.75. The number of nitrogens with one attached hydrogen (secondary N) is 1. The zero-order chi connectivity index (χ0) is 12.2. The third-order valence-electron chi connectivity index (χ3n) is 2.83. The summed E-state index contributed by atoms with van der Waals surface area (Å²) in [5.74, 6) is 0. The molecule has 18 heavy (non-hydrogen) atoms. The quantitative estimate of drug-likeness (QED) is 0.751. The van der Waals surface area contributed by atoms with Crippen molar-refractivity contribution >= 4 is 5.69 Å². The Morgan fingerprint density at radius 1 is 1.06 bits per heavy atom. The first-order valence-electron chi connectivity index (χ1n) is 5.90. The number of aromatic nitrogens is 1. The van der Waals surface area contributed by atoms with Crippen LogP contribution in [0.2, 0.25) is 0 Å². The van der Waals surface area contributed by atoms with Gasteiger partial charge in [-0.05, 0) is 36.4 Å². The van der Waals surface area contributed by atoms with Gasteiger partial charge in [0.25, 0.3) is 0 Å². The zero-order valence-corrected chi connectivity index (χ0v) is 9.91. The second kappa shape index (κ2) is 4.84. The molecule has 3 aromatic rings. The second-order valence-corrected chi connectivity index (χ2v) is 4.13. The molecule has 2 aromatic heterocycles. The minimum atomic E-state index is 0.769. The summed E-state index contributed by atoms with van der Waals surface area (Å²) in [4.78, 5) is 0. The van der Waals surface area contributed by atoms with Crippen molar-refractivity contribution in [3.63, 3.8) is 0 Å². The van der Waals surface area contributed by atoms with E-state index in [1.54, 1.807) is 12.5 Å². The highest BCUT2D eigenvalue weighted by atomic mass is 16.3. The zero-order valence-electron chi connectivity index (χ0n) is 9.91. The second-order valence-electron chi connectivity index (χ2n) is 4.13. The molecule has 0 spiro atoms. The maximum atomic E-state index is 5.04. The van der Waals surface area contributed by atoms with Crippen molar-refractivity contribution in [2.45, 2.75) is 6.54 Å². The average Bonchev–Trinajstić information content (AvgIpc) is 3.10. The van der Waals surface area contributed by atoms with Crippen LogP contribution in [0.25, 0.3) is 5.69 Å². The topological polar surface area (TPSA) is 30.1 Å². The van der Waals surface area contributed by atoms with Crippen molar-refractivity contribution in [3.05, 3.63) is 72.9 Å². The van der Waals surface area contributed by atoms with Crippen molar-refractivity contribution in [1.82, 2.24) is 4.57 Å². The van der Waals surface area contributed by atoms with Crippen LogP contribution >= 0.6 is 0 Å². The van der Waals surface area contributed by atoms with Crippen LogP contribution in [0, 0.1) is 0 Å². The van der Waals surface area contributed by atoms with Crippen LogP contribution in [0.15, 0.2) is 71.8 Å². The Morgan fingerprint density at radius 3 is 2.72 bits per heavy atom. The summed E-state index contributed by atoms with van der Waals surface area (Å²) in [6, 6.07) is 14.3. The Labute approximate surface area is 106 Å². The third kappa shape index (κ3) is 2.30. The molecule has 2 heterocycles. The molecule has 0 radical (unpaired) electrons. The molecule has 0 atom stereocenters. The van der Waals surface area contributed by atoms with E-state index in [1.165, 1.54) is 0 Å². The molecule has 0 aliphatic carbocycles. The van der Waals surface area contributed by atoms with Gasteiger partial charge in [-0.15, -0.1) is 0 Å². The molecule has 1 aromatic carbocycles. The maximum Gasteiger partial charge on any atom is 0.0952 e. The molecule has 3 nitrogen and oxygen atoms in total. The minimum absolute atomic E-state index is 0.769. The molecule has 3 rings (SSSR count). The summed E-state index contributed by atoms with van der Waals surface area (Å²) in [5.41, 5.74) is 3.39. The SMILES string of the molecule is c1cc(NCc2ccoc2)cc(-n2cccc2)c1. The number of benzene rings is 1. The molecule has 0 aliphatic heterocycles. The van der Waals surface area contributed by atoms with Crippen molar-refractivity contribution in [3.8, 4) is 5.69 Å². The number of rotatable bonds is 4. The highest BCUT2D eigenvalue weighted by Gasteiger charge is 1.98. The van der Waals surface area contributed by atoms with Crippen LogP contribution in [0.5, 0.6) is 0 Å². The van der Waals surface area contributed by atoms with Gasteiger partial charge in [0.1, 0.15) is 0 Å². The van der Waals surface area contributed by atoms with Crippen molar-refractivity contribution in [2.24, 2.45) is 0 Å². The van der Waals surface area contributed by atoms with Crippen LogP contribution in [-0.4, -0.2) is 4.57 Å². The standard InChI is InChI=1S/C15H14N2O/c1-2-8-17(7-1)15-5-3-4-14(10-15)16-11-13-6-9-18-12-13/h1-10,12,16H,11H2. The minimum Gasteiger partial charge on any atom is -0.472 e. The normalized spacial score (nSPS) is 10.4. The summed E-state index contributed by atoms with van der Waals surface area (Å²) < 4.78 is 7.13. The lowest BCUT2D eigenvalue weighted by Crippen LogP contribution is -1.99. The summed E-state index contributed by atoms with van der Waals surface area (Å²) in [7, 11) is 0. The van der Waals surface area contributed by atoms with Crippen LogP contribution in [0.4, 0.5) is 5.69 Å². The number of furan rings is 1. The van der Waals surface area contributed by atoms with Gasteiger partial charge in [-0.25, -0.2) is 0 Å². The van der Waals surface area contributed by atoms with E-state index < -0.39 is 0 Å². The first-order valence-corrected chi connectivity index (χ1v) is 5.90. The molecule has 0 amide bonds. The molecular formula is C15H14N2O. The molecular weight excluding hydrogens is 224 g/mol. The van der Waals surface area contributed by atoms with E-state index >= 15 is 0 Å². The predicted molar refractivity (Wildman–Crippen MR) is 71.8 cm³/mol. The smallest absolute Gasteiger partial charge is 0.0952 e. The fraction of sp³-hybridized carbons (Fsp3) is 0.0667. The Morgan fingerprint density at radius 2 is 1.94 bits per heavy atom. The van der Waals surface area contributed by atoms with Crippen LogP contribution in [0.1, 0.15) is 5.56 Å². The highest BCUT2D eigenvalue weighted by Crippen LogP contribution is 2.15. The maximum absolute atomic E-state index is 5.04. The molecule has 0 saturated heterocycles. The van der Waals surface area contributed by atoms with Gasteiger partial charge in [0, 0.05) is 35.9 Å². The van der Waals surface area contributed by atoms with Crippen LogP contribution in [0.3, 0.4) is 0 Å². The number of hydrogen-bond donors (Lipinski definition) is 1. The number of hydrogen-bond acceptors (Lipinski definition) is 2. The van der Waals surface area contributed by atoms with Gasteiger partial charge in [0.05, 0.1) is 12.5 Å². The predicted octanol–water partition coefficient (Wildman–Crippen LogP) is 3.68. The molecule has 0 saturated carbocycles. The number of nitrogens with zero attached hydrogens (tertiary/aromatic N) is 1. The first-order chi connectivity index (χ1) is 8.92. The van der Waals surface area contributed by atoms with E-state index in [2.05, 4.69) is 28.1 Å². The van der Waals surface area contributed by atoms with Gasteiger partial charge in [0.2, 0.25) is 0 Å². The van der Waals surface area contributed by atoms with E-state index in [1.807, 2.05) is 36.7 Å². The van der Waals surface area contributed by atoms with E-state index in [-0.39, 0.29) is 0 Å². The van der Waals surface area contributed by atoms with E-state index in [4.69, 9.17) is 4.42 Å². The van der Waals surface area contributed by atoms with Crippen molar-refractivity contribution in [2.75, 3.05) is 5.32 Å². The fourth-order valence-electron chi connectivity index (χ4n) is 1.88. The Kier molecular flexibility index (Phi) is 2.88. The third-order valence-corrected chi connectivity index (χ3v) is 2.83.